The minimum Gasteiger partial charge on any atom is -0.459 e. The van der Waals surface area contributed by atoms with Crippen LogP contribution in [-0.4, -0.2) is 11.7 Å². The van der Waals surface area contributed by atoms with Gasteiger partial charge in [-0.25, -0.2) is 0 Å². The lowest BCUT2D eigenvalue weighted by molar-refractivity contribution is 0.142. The maximum absolute atomic E-state index is 9.75. The van der Waals surface area contributed by atoms with E-state index in [9.17, 15) is 5.11 Å². The Balaban J connectivity index is 1.91. The van der Waals surface area contributed by atoms with Gasteiger partial charge in [0.2, 0.25) is 0 Å². The molecule has 0 amide bonds. The molecule has 3 heteroatoms. The second-order valence-corrected chi connectivity index (χ2v) is 5.09. The molecular formula is C15H23NO2. The fourth-order valence-corrected chi connectivity index (χ4v) is 2.49. The molecule has 1 aliphatic carbocycles. The maximum atomic E-state index is 9.75. The lowest BCUT2D eigenvalue weighted by Gasteiger charge is -2.17. The third kappa shape index (κ3) is 3.72. The zero-order valence-electron chi connectivity index (χ0n) is 10.8. The molecule has 1 aromatic rings. The zero-order chi connectivity index (χ0) is 12.8. The number of nitrogens with two attached hydrogens (primary N) is 1. The maximum Gasteiger partial charge on any atom is 0.133 e. The predicted octanol–water partition coefficient (Wildman–Crippen LogP) is 3.26. The van der Waals surface area contributed by atoms with Crippen LogP contribution in [0.3, 0.4) is 0 Å². The van der Waals surface area contributed by atoms with Crippen molar-refractivity contribution < 1.29 is 9.52 Å². The van der Waals surface area contributed by atoms with Crippen molar-refractivity contribution >= 4 is 6.08 Å². The molecule has 18 heavy (non-hydrogen) atoms. The fraction of sp³-hybridized carbons (Fsp3) is 0.600. The summed E-state index contributed by atoms with van der Waals surface area (Å²) in [6, 6.07) is 3.75. The summed E-state index contributed by atoms with van der Waals surface area (Å²) in [5, 5.41) is 9.75. The van der Waals surface area contributed by atoms with E-state index in [1.807, 2.05) is 18.2 Å². The number of rotatable bonds is 5. The van der Waals surface area contributed by atoms with Gasteiger partial charge >= 0.3 is 0 Å². The quantitative estimate of drug-likeness (QED) is 0.842. The Kier molecular flexibility index (Phi) is 5.02. The minimum atomic E-state index is -0.577. The second-order valence-electron chi connectivity index (χ2n) is 5.09. The summed E-state index contributed by atoms with van der Waals surface area (Å²) in [5.74, 6) is 2.14. The van der Waals surface area contributed by atoms with E-state index in [0.29, 0.717) is 24.6 Å². The Morgan fingerprint density at radius 2 is 2.11 bits per heavy atom. The smallest absolute Gasteiger partial charge is 0.133 e. The van der Waals surface area contributed by atoms with Gasteiger partial charge in [-0.2, -0.15) is 0 Å². The van der Waals surface area contributed by atoms with Crippen LogP contribution >= 0.6 is 0 Å². The van der Waals surface area contributed by atoms with E-state index in [-0.39, 0.29) is 0 Å². The molecule has 100 valence electrons. The molecule has 3 nitrogen and oxygen atoms in total. The molecule has 0 bridgehead atoms. The highest BCUT2D eigenvalue weighted by atomic mass is 16.4. The van der Waals surface area contributed by atoms with E-state index in [1.165, 1.54) is 32.1 Å². The van der Waals surface area contributed by atoms with Crippen LogP contribution in [0.2, 0.25) is 0 Å². The summed E-state index contributed by atoms with van der Waals surface area (Å²) in [5.41, 5.74) is 5.41. The topological polar surface area (TPSA) is 59.4 Å². The van der Waals surface area contributed by atoms with Crippen molar-refractivity contribution in [1.29, 1.82) is 0 Å². The van der Waals surface area contributed by atoms with Crippen LogP contribution in [0, 0.1) is 5.92 Å². The largest absolute Gasteiger partial charge is 0.459 e. The van der Waals surface area contributed by atoms with Gasteiger partial charge in [0.15, 0.2) is 0 Å². The Hall–Kier alpha value is -1.06. The van der Waals surface area contributed by atoms with Crippen molar-refractivity contribution in [2.45, 2.75) is 44.6 Å². The first kappa shape index (κ1) is 13.4. The molecule has 3 N–H and O–H groups in total. The van der Waals surface area contributed by atoms with E-state index >= 15 is 0 Å². The van der Waals surface area contributed by atoms with Crippen LogP contribution in [0.25, 0.3) is 6.08 Å². The Morgan fingerprint density at radius 1 is 1.33 bits per heavy atom. The molecule has 1 saturated carbocycles. The van der Waals surface area contributed by atoms with Crippen LogP contribution in [-0.2, 0) is 0 Å². The molecule has 1 aliphatic rings. The molecule has 1 fully saturated rings. The predicted molar refractivity (Wildman–Crippen MR) is 72.9 cm³/mol. The molecule has 1 heterocycles. The van der Waals surface area contributed by atoms with Crippen LogP contribution in [0.1, 0.15) is 56.1 Å². The van der Waals surface area contributed by atoms with Crippen LogP contribution in [0.5, 0.6) is 0 Å². The summed E-state index contributed by atoms with van der Waals surface area (Å²) >= 11 is 0. The van der Waals surface area contributed by atoms with Gasteiger partial charge < -0.3 is 15.3 Å². The van der Waals surface area contributed by atoms with Crippen molar-refractivity contribution in [3.8, 4) is 0 Å². The third-order valence-corrected chi connectivity index (χ3v) is 3.60. The average molecular weight is 249 g/mol. The summed E-state index contributed by atoms with van der Waals surface area (Å²) < 4.78 is 5.60. The molecule has 2 rings (SSSR count). The normalized spacial score (nSPS) is 19.4. The Morgan fingerprint density at radius 3 is 2.83 bits per heavy atom. The van der Waals surface area contributed by atoms with Crippen molar-refractivity contribution in [2.24, 2.45) is 11.7 Å². The number of aliphatic hydroxyl groups excluding tert-OH is 1. The van der Waals surface area contributed by atoms with Gasteiger partial charge in [0.1, 0.15) is 17.6 Å². The molecule has 0 radical (unpaired) electrons. The van der Waals surface area contributed by atoms with Crippen molar-refractivity contribution in [3.63, 3.8) is 0 Å². The number of aliphatic hydroxyl groups is 1. The molecule has 0 saturated heterocycles. The van der Waals surface area contributed by atoms with Crippen LogP contribution in [0.4, 0.5) is 0 Å². The van der Waals surface area contributed by atoms with Gasteiger partial charge in [-0.3, -0.25) is 0 Å². The standard InChI is InChI=1S/C15H23NO2/c16-11-10-14(17)15-9-8-13(18-15)7-6-12-4-2-1-3-5-12/h6-9,12,14,17H,1-5,10-11,16H2/b7-6+. The first-order chi connectivity index (χ1) is 8.79. The second kappa shape index (κ2) is 6.76. The highest BCUT2D eigenvalue weighted by molar-refractivity contribution is 5.43. The number of allylic oxidation sites excluding steroid dienone is 1. The van der Waals surface area contributed by atoms with Gasteiger partial charge in [-0.1, -0.05) is 25.3 Å². The first-order valence-electron chi connectivity index (χ1n) is 6.95. The number of hydrogen-bond donors (Lipinski definition) is 2. The zero-order valence-corrected chi connectivity index (χ0v) is 10.8. The van der Waals surface area contributed by atoms with E-state index in [1.54, 1.807) is 0 Å². The molecular weight excluding hydrogens is 226 g/mol. The Bertz CT molecular complexity index is 378. The lowest BCUT2D eigenvalue weighted by atomic mass is 9.89. The molecule has 1 aromatic heterocycles. The van der Waals surface area contributed by atoms with Crippen LogP contribution in [0.15, 0.2) is 22.6 Å². The van der Waals surface area contributed by atoms with E-state index in [2.05, 4.69) is 6.08 Å². The summed E-state index contributed by atoms with van der Waals surface area (Å²) in [6.45, 7) is 0.467. The van der Waals surface area contributed by atoms with E-state index < -0.39 is 6.10 Å². The molecule has 0 aliphatic heterocycles. The third-order valence-electron chi connectivity index (χ3n) is 3.60. The van der Waals surface area contributed by atoms with Crippen molar-refractivity contribution in [3.05, 3.63) is 29.7 Å². The van der Waals surface area contributed by atoms with Crippen molar-refractivity contribution in [1.82, 2.24) is 0 Å². The highest BCUT2D eigenvalue weighted by Crippen LogP contribution is 2.26. The van der Waals surface area contributed by atoms with Gasteiger partial charge in [0.05, 0.1) is 0 Å². The number of furan rings is 1. The molecule has 1 atom stereocenters. The highest BCUT2D eigenvalue weighted by Gasteiger charge is 2.12. The monoisotopic (exact) mass is 249 g/mol. The molecule has 1 unspecified atom stereocenters. The summed E-state index contributed by atoms with van der Waals surface area (Å²) in [4.78, 5) is 0. The molecule has 0 spiro atoms. The minimum absolute atomic E-state index is 0.467. The SMILES string of the molecule is NCCC(O)c1ccc(/C=C/C2CCCCC2)o1. The van der Waals surface area contributed by atoms with Crippen LogP contribution < -0.4 is 5.73 Å². The van der Waals surface area contributed by atoms with E-state index in [4.69, 9.17) is 10.2 Å². The Labute approximate surface area is 109 Å². The van der Waals surface area contributed by atoms with Crippen molar-refractivity contribution in [2.75, 3.05) is 6.54 Å². The van der Waals surface area contributed by atoms with Gasteiger partial charge in [-0.15, -0.1) is 0 Å². The van der Waals surface area contributed by atoms with Gasteiger partial charge in [0, 0.05) is 0 Å². The average Bonchev–Trinajstić information content (AvgIpc) is 2.87. The first-order valence-corrected chi connectivity index (χ1v) is 6.95. The lowest BCUT2D eigenvalue weighted by Crippen LogP contribution is -2.05. The fourth-order valence-electron chi connectivity index (χ4n) is 2.49. The summed E-state index contributed by atoms with van der Waals surface area (Å²) in [6.07, 6.45) is 10.9. The van der Waals surface area contributed by atoms with E-state index in [0.717, 1.165) is 5.76 Å². The number of hydrogen-bond acceptors (Lipinski definition) is 3. The van der Waals surface area contributed by atoms with Gasteiger partial charge in [0.25, 0.3) is 0 Å². The summed E-state index contributed by atoms with van der Waals surface area (Å²) in [7, 11) is 0. The van der Waals surface area contributed by atoms with Gasteiger partial charge in [-0.05, 0) is 49.9 Å². The molecule has 0 aromatic carbocycles.